The first-order valence-electron chi connectivity index (χ1n) is 9.82. The molecule has 8 heteroatoms. The molecule has 0 aliphatic carbocycles. The minimum Gasteiger partial charge on any atom is -0.444 e. The van der Waals surface area contributed by atoms with Crippen LogP contribution in [0.1, 0.15) is 0 Å². The highest BCUT2D eigenvalue weighted by Gasteiger charge is 2.13. The van der Waals surface area contributed by atoms with Crippen LogP contribution in [0.5, 0.6) is 0 Å². The van der Waals surface area contributed by atoms with Gasteiger partial charge < -0.3 is 13.9 Å². The van der Waals surface area contributed by atoms with Crippen molar-refractivity contribution in [3.8, 4) is 45.6 Å². The summed E-state index contributed by atoms with van der Waals surface area (Å²) in [4.78, 5) is 16.4. The topological polar surface area (TPSA) is 93.6 Å². The molecule has 0 aliphatic rings. The van der Waals surface area contributed by atoms with Gasteiger partial charge in [0.15, 0.2) is 12.2 Å². The van der Waals surface area contributed by atoms with E-state index in [1.54, 1.807) is 18.3 Å². The van der Waals surface area contributed by atoms with E-state index < -0.39 is 0 Å². The smallest absolute Gasteiger partial charge is 0.258 e. The zero-order valence-electron chi connectivity index (χ0n) is 16.5. The van der Waals surface area contributed by atoms with Gasteiger partial charge in [-0.25, -0.2) is 14.4 Å². The van der Waals surface area contributed by atoms with Crippen LogP contribution >= 0.6 is 0 Å². The second kappa shape index (κ2) is 7.28. The van der Waals surface area contributed by atoms with E-state index >= 15 is 0 Å². The molecular formula is C24H14FN5O2. The number of oxazole rings is 1. The quantitative estimate of drug-likeness (QED) is 0.389. The van der Waals surface area contributed by atoms with Gasteiger partial charge in [0.2, 0.25) is 5.82 Å². The Balaban J connectivity index is 1.30. The number of nitrogens with zero attached hydrogens (tertiary/aromatic N) is 4. The maximum Gasteiger partial charge on any atom is 0.258 e. The fraction of sp³-hybridized carbons (Fsp3) is 0. The van der Waals surface area contributed by atoms with E-state index in [2.05, 4.69) is 25.1 Å². The Kier molecular flexibility index (Phi) is 4.14. The number of halogens is 1. The van der Waals surface area contributed by atoms with Crippen LogP contribution in [0.15, 0.2) is 88.3 Å². The van der Waals surface area contributed by atoms with Gasteiger partial charge in [0.25, 0.3) is 5.89 Å². The van der Waals surface area contributed by atoms with Gasteiger partial charge in [-0.2, -0.15) is 4.98 Å². The highest BCUT2D eigenvalue weighted by Crippen LogP contribution is 2.28. The van der Waals surface area contributed by atoms with Crippen molar-refractivity contribution in [2.75, 3.05) is 0 Å². The lowest BCUT2D eigenvalue weighted by molar-refractivity contribution is 0.432. The summed E-state index contributed by atoms with van der Waals surface area (Å²) in [7, 11) is 0. The van der Waals surface area contributed by atoms with Crippen LogP contribution in [0, 0.1) is 5.82 Å². The van der Waals surface area contributed by atoms with Crippen LogP contribution in [0.2, 0.25) is 0 Å². The lowest BCUT2D eigenvalue weighted by Gasteiger charge is -1.99. The molecule has 1 N–H and O–H groups in total. The second-order valence-electron chi connectivity index (χ2n) is 7.19. The van der Waals surface area contributed by atoms with E-state index in [0.29, 0.717) is 23.0 Å². The van der Waals surface area contributed by atoms with Crippen molar-refractivity contribution in [2.24, 2.45) is 0 Å². The van der Waals surface area contributed by atoms with Gasteiger partial charge in [-0.05, 0) is 42.5 Å². The van der Waals surface area contributed by atoms with E-state index in [0.717, 1.165) is 33.5 Å². The molecule has 0 amide bonds. The predicted molar refractivity (Wildman–Crippen MR) is 116 cm³/mol. The van der Waals surface area contributed by atoms with Crippen LogP contribution in [-0.2, 0) is 0 Å². The van der Waals surface area contributed by atoms with Crippen molar-refractivity contribution < 1.29 is 13.3 Å². The molecule has 0 saturated heterocycles. The number of aromatic amines is 1. The van der Waals surface area contributed by atoms with E-state index in [1.807, 2.05) is 42.5 Å². The molecular weight excluding hydrogens is 409 g/mol. The summed E-state index contributed by atoms with van der Waals surface area (Å²) in [5.74, 6) is 1.92. The third-order valence-corrected chi connectivity index (χ3v) is 5.13. The Bertz CT molecular complexity index is 1520. The van der Waals surface area contributed by atoms with E-state index in [9.17, 15) is 4.39 Å². The molecule has 0 radical (unpaired) electrons. The molecule has 0 unspecified atom stereocenters. The molecule has 0 atom stereocenters. The Morgan fingerprint density at radius 2 is 1.53 bits per heavy atom. The monoisotopic (exact) mass is 423 g/mol. The molecule has 3 aromatic carbocycles. The van der Waals surface area contributed by atoms with Gasteiger partial charge in [-0.1, -0.05) is 29.4 Å². The maximum atomic E-state index is 13.1. The first-order valence-corrected chi connectivity index (χ1v) is 9.82. The van der Waals surface area contributed by atoms with Crippen LogP contribution in [0.3, 0.4) is 0 Å². The minimum absolute atomic E-state index is 0.318. The Hall–Kier alpha value is -4.59. The third kappa shape index (κ3) is 3.24. The summed E-state index contributed by atoms with van der Waals surface area (Å²) in [5.41, 5.74) is 5.01. The van der Waals surface area contributed by atoms with Crippen LogP contribution in [-0.4, -0.2) is 25.1 Å². The average Bonchev–Trinajstić information content (AvgIpc) is 3.60. The summed E-state index contributed by atoms with van der Waals surface area (Å²) in [6.07, 6.45) is 3.09. The SMILES string of the molecule is Fc1ccc(-c2nc(-c3ccc4nc(-c5ccc(-c6cnco6)cc5)[nH]c4c3)no2)cc1. The number of imidazole rings is 1. The van der Waals surface area contributed by atoms with Gasteiger partial charge in [-0.15, -0.1) is 0 Å². The molecule has 6 aromatic rings. The fourth-order valence-corrected chi connectivity index (χ4v) is 3.49. The molecule has 154 valence electrons. The molecule has 0 aliphatic heterocycles. The first-order chi connectivity index (χ1) is 15.7. The Morgan fingerprint density at radius 1 is 0.781 bits per heavy atom. The summed E-state index contributed by atoms with van der Waals surface area (Å²) >= 11 is 0. The third-order valence-electron chi connectivity index (χ3n) is 5.13. The normalized spacial score (nSPS) is 11.3. The van der Waals surface area contributed by atoms with Crippen LogP contribution in [0.4, 0.5) is 4.39 Å². The second-order valence-corrected chi connectivity index (χ2v) is 7.19. The summed E-state index contributed by atoms with van der Waals surface area (Å²) in [5, 5.41) is 4.06. The maximum absolute atomic E-state index is 13.1. The largest absolute Gasteiger partial charge is 0.444 e. The lowest BCUT2D eigenvalue weighted by atomic mass is 10.1. The molecule has 32 heavy (non-hydrogen) atoms. The molecule has 3 heterocycles. The number of hydrogen-bond donors (Lipinski definition) is 1. The molecule has 0 bridgehead atoms. The lowest BCUT2D eigenvalue weighted by Crippen LogP contribution is -1.82. The van der Waals surface area contributed by atoms with Crippen molar-refractivity contribution in [1.29, 1.82) is 0 Å². The Morgan fingerprint density at radius 3 is 2.31 bits per heavy atom. The minimum atomic E-state index is -0.318. The van der Waals surface area contributed by atoms with E-state index in [-0.39, 0.29) is 5.82 Å². The standard InChI is InChI=1S/C24H14FN5O2/c25-18-8-5-16(6-9-18)24-29-23(30-32-24)17-7-10-19-20(11-17)28-22(27-19)15-3-1-14(2-4-15)21-12-26-13-31-21/h1-13H,(H,27,28). The Labute approximate surface area is 180 Å². The highest BCUT2D eigenvalue weighted by atomic mass is 19.1. The van der Waals surface area contributed by atoms with Gasteiger partial charge in [0, 0.05) is 22.3 Å². The number of fused-ring (bicyclic) bond motifs is 1. The number of nitrogens with one attached hydrogen (secondary N) is 1. The summed E-state index contributed by atoms with van der Waals surface area (Å²) in [6.45, 7) is 0. The summed E-state index contributed by atoms with van der Waals surface area (Å²) < 4.78 is 23.8. The van der Waals surface area contributed by atoms with Crippen LogP contribution < -0.4 is 0 Å². The summed E-state index contributed by atoms with van der Waals surface area (Å²) in [6, 6.07) is 19.5. The highest BCUT2D eigenvalue weighted by molar-refractivity contribution is 5.83. The molecule has 7 nitrogen and oxygen atoms in total. The zero-order valence-corrected chi connectivity index (χ0v) is 16.5. The molecule has 0 saturated carbocycles. The number of aromatic nitrogens is 5. The molecule has 3 aromatic heterocycles. The van der Waals surface area contributed by atoms with Crippen molar-refractivity contribution >= 4 is 11.0 Å². The van der Waals surface area contributed by atoms with E-state index in [4.69, 9.17) is 8.94 Å². The van der Waals surface area contributed by atoms with E-state index in [1.165, 1.54) is 18.5 Å². The van der Waals surface area contributed by atoms with Gasteiger partial charge >= 0.3 is 0 Å². The number of hydrogen-bond acceptors (Lipinski definition) is 6. The van der Waals surface area contributed by atoms with Gasteiger partial charge in [0.1, 0.15) is 11.6 Å². The zero-order chi connectivity index (χ0) is 21.5. The number of benzene rings is 3. The van der Waals surface area contributed by atoms with Crippen molar-refractivity contribution in [2.45, 2.75) is 0 Å². The average molecular weight is 423 g/mol. The van der Waals surface area contributed by atoms with Crippen molar-refractivity contribution in [1.82, 2.24) is 25.1 Å². The molecule has 0 fully saturated rings. The van der Waals surface area contributed by atoms with Crippen molar-refractivity contribution in [3.05, 3.63) is 85.1 Å². The molecule has 0 spiro atoms. The first kappa shape index (κ1) is 18.2. The fourth-order valence-electron chi connectivity index (χ4n) is 3.49. The van der Waals surface area contributed by atoms with Crippen molar-refractivity contribution in [3.63, 3.8) is 0 Å². The van der Waals surface area contributed by atoms with Gasteiger partial charge in [0.05, 0.1) is 17.2 Å². The predicted octanol–water partition coefficient (Wildman–Crippen LogP) is 5.74. The number of H-pyrrole nitrogens is 1. The van der Waals surface area contributed by atoms with Gasteiger partial charge in [-0.3, -0.25) is 0 Å². The number of rotatable bonds is 4. The molecule has 6 rings (SSSR count). The van der Waals surface area contributed by atoms with Crippen LogP contribution in [0.25, 0.3) is 56.6 Å².